The molecule has 7 nitrogen and oxygen atoms in total. The lowest BCUT2D eigenvalue weighted by Gasteiger charge is -2.07. The van der Waals surface area contributed by atoms with Crippen LogP contribution in [0.5, 0.6) is 0 Å². The van der Waals surface area contributed by atoms with Crippen LogP contribution in [0, 0.1) is 6.92 Å². The minimum atomic E-state index is 0.217. The van der Waals surface area contributed by atoms with E-state index in [1.54, 1.807) is 4.68 Å². The van der Waals surface area contributed by atoms with E-state index in [9.17, 15) is 0 Å². The lowest BCUT2D eigenvalue weighted by atomic mass is 10.1. The van der Waals surface area contributed by atoms with E-state index in [1.807, 2.05) is 37.4 Å². The van der Waals surface area contributed by atoms with Crippen LogP contribution < -0.4 is 0 Å². The summed E-state index contributed by atoms with van der Waals surface area (Å²) < 4.78 is 12.7. The normalized spacial score (nSPS) is 17.7. The van der Waals surface area contributed by atoms with Gasteiger partial charge in [0.25, 0.3) is 5.89 Å². The molecule has 0 N–H and O–H groups in total. The van der Waals surface area contributed by atoms with Crippen LogP contribution >= 0.6 is 0 Å². The van der Waals surface area contributed by atoms with E-state index in [0.717, 1.165) is 30.6 Å². The lowest BCUT2D eigenvalue weighted by Crippen LogP contribution is -2.15. The second kappa shape index (κ2) is 5.92. The van der Waals surface area contributed by atoms with E-state index in [1.165, 1.54) is 0 Å². The summed E-state index contributed by atoms with van der Waals surface area (Å²) in [6.45, 7) is 3.55. The molecule has 23 heavy (non-hydrogen) atoms. The van der Waals surface area contributed by atoms with E-state index < -0.39 is 0 Å². The van der Waals surface area contributed by atoms with E-state index in [2.05, 4.69) is 20.5 Å². The molecule has 1 atom stereocenters. The Hall–Kier alpha value is -2.54. The first-order valence-corrected chi connectivity index (χ1v) is 7.71. The summed E-state index contributed by atoms with van der Waals surface area (Å²) >= 11 is 0. The fraction of sp³-hybridized carbons (Fsp3) is 0.375. The maximum Gasteiger partial charge on any atom is 0.280 e. The average molecular weight is 311 g/mol. The Balaban J connectivity index is 1.55. The number of hydrogen-bond donors (Lipinski definition) is 0. The number of aryl methyl sites for hydroxylation is 1. The van der Waals surface area contributed by atoms with Gasteiger partial charge in [-0.3, -0.25) is 0 Å². The first-order valence-electron chi connectivity index (χ1n) is 7.71. The molecular formula is C16H17N5O2. The van der Waals surface area contributed by atoms with Gasteiger partial charge < -0.3 is 9.26 Å². The van der Waals surface area contributed by atoms with Crippen molar-refractivity contribution in [1.29, 1.82) is 0 Å². The van der Waals surface area contributed by atoms with Gasteiger partial charge in [0, 0.05) is 12.2 Å². The summed E-state index contributed by atoms with van der Waals surface area (Å²) in [6.07, 6.45) is 4.20. The standard InChI is InChI=1S/C16H17N5O2/c1-11-5-2-3-7-13(11)15-17-16(23-19-15)14-10-21(20-18-14)9-12-6-4-8-22-12/h2-3,5,7,10,12H,4,6,8-9H2,1H3/t12-/m0/s1. The molecule has 7 heteroatoms. The molecule has 118 valence electrons. The SMILES string of the molecule is Cc1ccccc1-c1noc(-c2cn(C[C@@H]3CCCO3)nn2)n1. The van der Waals surface area contributed by atoms with Crippen LogP contribution in [0.1, 0.15) is 18.4 Å². The fourth-order valence-corrected chi connectivity index (χ4v) is 2.74. The van der Waals surface area contributed by atoms with E-state index in [-0.39, 0.29) is 6.10 Å². The third-order valence-electron chi connectivity index (χ3n) is 3.98. The number of hydrogen-bond acceptors (Lipinski definition) is 6. The summed E-state index contributed by atoms with van der Waals surface area (Å²) in [5, 5.41) is 12.3. The van der Waals surface area contributed by atoms with E-state index >= 15 is 0 Å². The summed E-state index contributed by atoms with van der Waals surface area (Å²) in [6, 6.07) is 7.92. The molecule has 0 spiro atoms. The van der Waals surface area contributed by atoms with Crippen LogP contribution in [0.3, 0.4) is 0 Å². The van der Waals surface area contributed by atoms with Crippen LogP contribution in [-0.4, -0.2) is 37.8 Å². The van der Waals surface area contributed by atoms with Crippen molar-refractivity contribution in [2.75, 3.05) is 6.61 Å². The predicted molar refractivity (Wildman–Crippen MR) is 82.5 cm³/mol. The van der Waals surface area contributed by atoms with Crippen molar-refractivity contribution in [3.05, 3.63) is 36.0 Å². The van der Waals surface area contributed by atoms with Crippen molar-refractivity contribution in [2.24, 2.45) is 0 Å². The maximum atomic E-state index is 5.61. The molecule has 0 saturated carbocycles. The minimum absolute atomic E-state index is 0.217. The van der Waals surface area contributed by atoms with E-state index in [4.69, 9.17) is 9.26 Å². The second-order valence-corrected chi connectivity index (χ2v) is 5.70. The van der Waals surface area contributed by atoms with Crippen LogP contribution in [0.2, 0.25) is 0 Å². The highest BCUT2D eigenvalue weighted by Gasteiger charge is 2.19. The van der Waals surface area contributed by atoms with E-state index in [0.29, 0.717) is 24.0 Å². The predicted octanol–water partition coefficient (Wildman–Crippen LogP) is 2.48. The maximum absolute atomic E-state index is 5.61. The third-order valence-corrected chi connectivity index (χ3v) is 3.98. The smallest absolute Gasteiger partial charge is 0.280 e. The van der Waals surface area contributed by atoms with Crippen molar-refractivity contribution in [3.8, 4) is 23.0 Å². The molecule has 4 rings (SSSR count). The summed E-state index contributed by atoms with van der Waals surface area (Å²) in [5.41, 5.74) is 2.63. The number of nitrogens with zero attached hydrogens (tertiary/aromatic N) is 5. The van der Waals surface area contributed by atoms with Gasteiger partial charge in [0.15, 0.2) is 5.69 Å². The molecule has 0 amide bonds. The van der Waals surface area contributed by atoms with Gasteiger partial charge in [-0.1, -0.05) is 34.6 Å². The quantitative estimate of drug-likeness (QED) is 0.736. The van der Waals surface area contributed by atoms with Gasteiger partial charge in [-0.2, -0.15) is 4.98 Å². The Kier molecular flexibility index (Phi) is 3.63. The molecule has 1 fully saturated rings. The minimum Gasteiger partial charge on any atom is -0.376 e. The summed E-state index contributed by atoms with van der Waals surface area (Å²) in [5.74, 6) is 0.939. The highest BCUT2D eigenvalue weighted by Crippen LogP contribution is 2.23. The average Bonchev–Trinajstić information content (AvgIpc) is 3.29. The molecular weight excluding hydrogens is 294 g/mol. The van der Waals surface area contributed by atoms with Gasteiger partial charge >= 0.3 is 0 Å². The Labute approximate surface area is 133 Å². The number of rotatable bonds is 4. The molecule has 3 heterocycles. The molecule has 1 aliphatic heterocycles. The van der Waals surface area contributed by atoms with Crippen LogP contribution in [-0.2, 0) is 11.3 Å². The zero-order valence-electron chi connectivity index (χ0n) is 12.8. The van der Waals surface area contributed by atoms with Gasteiger partial charge in [-0.25, -0.2) is 4.68 Å². The zero-order chi connectivity index (χ0) is 15.6. The molecule has 1 saturated heterocycles. The number of benzene rings is 1. The first kappa shape index (κ1) is 14.1. The van der Waals surface area contributed by atoms with Crippen molar-refractivity contribution in [2.45, 2.75) is 32.4 Å². The van der Waals surface area contributed by atoms with Gasteiger partial charge in [0.05, 0.1) is 18.8 Å². The third kappa shape index (κ3) is 2.87. The summed E-state index contributed by atoms with van der Waals surface area (Å²) in [7, 11) is 0. The van der Waals surface area contributed by atoms with Crippen LogP contribution in [0.4, 0.5) is 0 Å². The molecule has 0 aliphatic carbocycles. The first-order chi connectivity index (χ1) is 11.3. The number of ether oxygens (including phenoxy) is 1. The number of aromatic nitrogens is 5. The Morgan fingerprint density at radius 2 is 2.22 bits per heavy atom. The Morgan fingerprint density at radius 1 is 1.30 bits per heavy atom. The van der Waals surface area contributed by atoms with Gasteiger partial charge in [-0.15, -0.1) is 5.10 Å². The molecule has 0 radical (unpaired) electrons. The second-order valence-electron chi connectivity index (χ2n) is 5.70. The Morgan fingerprint density at radius 3 is 3.04 bits per heavy atom. The highest BCUT2D eigenvalue weighted by molar-refractivity contribution is 5.61. The molecule has 1 aromatic carbocycles. The largest absolute Gasteiger partial charge is 0.376 e. The van der Waals surface area contributed by atoms with Crippen LogP contribution in [0.15, 0.2) is 35.0 Å². The molecule has 0 unspecified atom stereocenters. The fourth-order valence-electron chi connectivity index (χ4n) is 2.74. The van der Waals surface area contributed by atoms with Gasteiger partial charge in [0.1, 0.15) is 0 Å². The molecule has 2 aromatic heterocycles. The lowest BCUT2D eigenvalue weighted by molar-refractivity contribution is 0.0935. The van der Waals surface area contributed by atoms with Gasteiger partial charge in [-0.05, 0) is 25.3 Å². The van der Waals surface area contributed by atoms with Crippen molar-refractivity contribution in [1.82, 2.24) is 25.1 Å². The van der Waals surface area contributed by atoms with Gasteiger partial charge in [0.2, 0.25) is 5.82 Å². The Bertz CT molecular complexity index is 804. The molecule has 0 bridgehead atoms. The van der Waals surface area contributed by atoms with Crippen molar-refractivity contribution < 1.29 is 9.26 Å². The monoisotopic (exact) mass is 311 g/mol. The molecule has 1 aliphatic rings. The zero-order valence-corrected chi connectivity index (χ0v) is 12.8. The topological polar surface area (TPSA) is 78.9 Å². The van der Waals surface area contributed by atoms with Crippen LogP contribution in [0.25, 0.3) is 23.0 Å². The molecule has 3 aromatic rings. The summed E-state index contributed by atoms with van der Waals surface area (Å²) in [4.78, 5) is 4.43. The van der Waals surface area contributed by atoms with Crippen molar-refractivity contribution >= 4 is 0 Å². The highest BCUT2D eigenvalue weighted by atomic mass is 16.5. The van der Waals surface area contributed by atoms with Crippen molar-refractivity contribution in [3.63, 3.8) is 0 Å².